The fraction of sp³-hybridized carbons (Fsp3) is 0.786. The van der Waals surface area contributed by atoms with Gasteiger partial charge in [-0.05, 0) is 32.2 Å². The zero-order valence-corrected chi connectivity index (χ0v) is 12.9. The van der Waals surface area contributed by atoms with Gasteiger partial charge in [0.1, 0.15) is 0 Å². The summed E-state index contributed by atoms with van der Waals surface area (Å²) in [5.41, 5.74) is 1.74. The average molecular weight is 267 g/mol. The summed E-state index contributed by atoms with van der Waals surface area (Å²) in [5.74, 6) is 0. The van der Waals surface area contributed by atoms with Crippen molar-refractivity contribution in [2.45, 2.75) is 46.6 Å². The molecule has 0 saturated carbocycles. The Morgan fingerprint density at radius 2 is 2.06 bits per heavy atom. The number of aromatic nitrogens is 1. The van der Waals surface area contributed by atoms with Crippen molar-refractivity contribution in [2.75, 3.05) is 25.0 Å². The highest BCUT2D eigenvalue weighted by atomic mass is 32.1. The molecule has 0 aromatic carbocycles. The number of aryl methyl sites for hydroxylation is 1. The molecule has 0 bridgehead atoms. The first kappa shape index (κ1) is 13.8. The van der Waals surface area contributed by atoms with Crippen LogP contribution in [-0.2, 0) is 6.54 Å². The topological polar surface area (TPSA) is 28.2 Å². The number of thiazole rings is 1. The standard InChI is InChI=1S/C14H25N3S/c1-5-14(3)6-8-17(9-7-14)13-16-11(2)12(18-13)10-15-4/h15H,5-10H2,1-4H3. The molecule has 2 heterocycles. The van der Waals surface area contributed by atoms with Crippen LogP contribution in [0, 0.1) is 12.3 Å². The summed E-state index contributed by atoms with van der Waals surface area (Å²) in [5, 5.41) is 4.43. The minimum absolute atomic E-state index is 0.552. The highest BCUT2D eigenvalue weighted by Crippen LogP contribution is 2.37. The van der Waals surface area contributed by atoms with Crippen molar-refractivity contribution in [3.63, 3.8) is 0 Å². The van der Waals surface area contributed by atoms with Gasteiger partial charge in [-0.25, -0.2) is 4.98 Å². The van der Waals surface area contributed by atoms with Crippen molar-refractivity contribution < 1.29 is 0 Å². The maximum atomic E-state index is 4.73. The van der Waals surface area contributed by atoms with E-state index in [4.69, 9.17) is 4.98 Å². The molecule has 1 aliphatic heterocycles. The molecule has 0 aliphatic carbocycles. The highest BCUT2D eigenvalue weighted by molar-refractivity contribution is 7.15. The van der Waals surface area contributed by atoms with E-state index in [-0.39, 0.29) is 0 Å². The minimum atomic E-state index is 0.552. The molecule has 0 spiro atoms. The van der Waals surface area contributed by atoms with E-state index in [1.54, 1.807) is 0 Å². The van der Waals surface area contributed by atoms with E-state index in [2.05, 4.69) is 31.0 Å². The molecule has 102 valence electrons. The minimum Gasteiger partial charge on any atom is -0.348 e. The van der Waals surface area contributed by atoms with E-state index < -0.39 is 0 Å². The first-order valence-electron chi connectivity index (χ1n) is 6.94. The lowest BCUT2D eigenvalue weighted by molar-refractivity contribution is 0.238. The van der Waals surface area contributed by atoms with Crippen LogP contribution in [0.3, 0.4) is 0 Å². The van der Waals surface area contributed by atoms with E-state index in [1.165, 1.54) is 35.0 Å². The molecule has 0 radical (unpaired) electrons. The van der Waals surface area contributed by atoms with Gasteiger partial charge in [0, 0.05) is 24.5 Å². The van der Waals surface area contributed by atoms with Crippen molar-refractivity contribution in [1.29, 1.82) is 0 Å². The summed E-state index contributed by atoms with van der Waals surface area (Å²) in [6.07, 6.45) is 3.88. The molecule has 1 aliphatic rings. The molecular formula is C14H25N3S. The average Bonchev–Trinajstić information content (AvgIpc) is 2.72. The summed E-state index contributed by atoms with van der Waals surface area (Å²) in [7, 11) is 1.99. The van der Waals surface area contributed by atoms with Gasteiger partial charge in [0.2, 0.25) is 0 Å². The molecule has 0 atom stereocenters. The second-order valence-corrected chi connectivity index (χ2v) is 6.75. The molecular weight excluding hydrogens is 242 g/mol. The maximum Gasteiger partial charge on any atom is 0.185 e. The molecule has 1 aromatic rings. The lowest BCUT2D eigenvalue weighted by atomic mass is 9.78. The van der Waals surface area contributed by atoms with Gasteiger partial charge in [-0.2, -0.15) is 0 Å². The zero-order chi connectivity index (χ0) is 13.2. The van der Waals surface area contributed by atoms with Crippen LogP contribution in [0.15, 0.2) is 0 Å². The van der Waals surface area contributed by atoms with E-state index in [1.807, 2.05) is 18.4 Å². The fourth-order valence-corrected chi connectivity index (χ4v) is 3.59. The Balaban J connectivity index is 2.03. The predicted molar refractivity (Wildman–Crippen MR) is 79.5 cm³/mol. The third-order valence-electron chi connectivity index (χ3n) is 4.31. The Morgan fingerprint density at radius 1 is 1.39 bits per heavy atom. The van der Waals surface area contributed by atoms with Gasteiger partial charge in [-0.1, -0.05) is 20.3 Å². The Bertz CT molecular complexity index is 392. The van der Waals surface area contributed by atoms with Gasteiger partial charge in [0.15, 0.2) is 5.13 Å². The van der Waals surface area contributed by atoms with Crippen LogP contribution in [0.4, 0.5) is 5.13 Å². The lowest BCUT2D eigenvalue weighted by Gasteiger charge is -2.38. The zero-order valence-electron chi connectivity index (χ0n) is 12.0. The normalized spacial score (nSPS) is 19.2. The van der Waals surface area contributed by atoms with Gasteiger partial charge in [-0.3, -0.25) is 0 Å². The van der Waals surface area contributed by atoms with Crippen molar-refractivity contribution in [1.82, 2.24) is 10.3 Å². The quantitative estimate of drug-likeness (QED) is 0.908. The van der Waals surface area contributed by atoms with Crippen LogP contribution in [0.5, 0.6) is 0 Å². The molecule has 2 rings (SSSR count). The SMILES string of the molecule is CCC1(C)CCN(c2nc(C)c(CNC)s2)CC1. The third-order valence-corrected chi connectivity index (χ3v) is 5.53. The summed E-state index contributed by atoms with van der Waals surface area (Å²) in [4.78, 5) is 8.57. The largest absolute Gasteiger partial charge is 0.348 e. The lowest BCUT2D eigenvalue weighted by Crippen LogP contribution is -2.38. The summed E-state index contributed by atoms with van der Waals surface area (Å²) < 4.78 is 0. The van der Waals surface area contributed by atoms with Crippen molar-refractivity contribution >= 4 is 16.5 Å². The third kappa shape index (κ3) is 2.86. The number of nitrogens with one attached hydrogen (secondary N) is 1. The number of hydrogen-bond donors (Lipinski definition) is 1. The number of piperidine rings is 1. The predicted octanol–water partition coefficient (Wildman–Crippen LogP) is 3.19. The Morgan fingerprint density at radius 3 is 2.61 bits per heavy atom. The van der Waals surface area contributed by atoms with Crippen molar-refractivity contribution in [3.05, 3.63) is 10.6 Å². The number of hydrogen-bond acceptors (Lipinski definition) is 4. The van der Waals surface area contributed by atoms with Gasteiger partial charge >= 0.3 is 0 Å². The summed E-state index contributed by atoms with van der Waals surface area (Å²) in [6.45, 7) is 10.1. The number of rotatable bonds is 4. The number of nitrogens with zero attached hydrogens (tertiary/aromatic N) is 2. The van der Waals surface area contributed by atoms with Crippen molar-refractivity contribution in [3.8, 4) is 0 Å². The smallest absolute Gasteiger partial charge is 0.185 e. The first-order valence-corrected chi connectivity index (χ1v) is 7.75. The second-order valence-electron chi connectivity index (χ2n) is 5.69. The number of anilines is 1. The van der Waals surface area contributed by atoms with Crippen LogP contribution in [-0.4, -0.2) is 25.1 Å². The molecule has 1 fully saturated rings. The van der Waals surface area contributed by atoms with Crippen LogP contribution in [0.25, 0.3) is 0 Å². The van der Waals surface area contributed by atoms with E-state index in [0.717, 1.165) is 19.6 Å². The molecule has 1 saturated heterocycles. The van der Waals surface area contributed by atoms with Crippen LogP contribution in [0.1, 0.15) is 43.7 Å². The van der Waals surface area contributed by atoms with Crippen LogP contribution >= 0.6 is 11.3 Å². The van der Waals surface area contributed by atoms with Gasteiger partial charge in [-0.15, -0.1) is 11.3 Å². The Labute approximate surface area is 115 Å². The Kier molecular flexibility index (Phi) is 4.28. The molecule has 3 nitrogen and oxygen atoms in total. The van der Waals surface area contributed by atoms with Crippen molar-refractivity contribution in [2.24, 2.45) is 5.41 Å². The Hall–Kier alpha value is -0.610. The van der Waals surface area contributed by atoms with Crippen LogP contribution < -0.4 is 10.2 Å². The van der Waals surface area contributed by atoms with Crippen LogP contribution in [0.2, 0.25) is 0 Å². The maximum absolute atomic E-state index is 4.73. The van der Waals surface area contributed by atoms with Gasteiger partial charge in [0.05, 0.1) is 5.69 Å². The first-order chi connectivity index (χ1) is 8.58. The molecule has 0 amide bonds. The summed E-state index contributed by atoms with van der Waals surface area (Å²) >= 11 is 1.85. The molecule has 18 heavy (non-hydrogen) atoms. The second kappa shape index (κ2) is 5.57. The molecule has 1 N–H and O–H groups in total. The molecule has 0 unspecified atom stereocenters. The molecule has 1 aromatic heterocycles. The van der Waals surface area contributed by atoms with E-state index in [9.17, 15) is 0 Å². The summed E-state index contributed by atoms with van der Waals surface area (Å²) in [6, 6.07) is 0. The van der Waals surface area contributed by atoms with E-state index in [0.29, 0.717) is 5.41 Å². The van der Waals surface area contributed by atoms with Gasteiger partial charge in [0.25, 0.3) is 0 Å². The van der Waals surface area contributed by atoms with Gasteiger partial charge < -0.3 is 10.2 Å². The monoisotopic (exact) mass is 267 g/mol. The fourth-order valence-electron chi connectivity index (χ4n) is 2.46. The molecule has 4 heteroatoms. The highest BCUT2D eigenvalue weighted by Gasteiger charge is 2.29. The van der Waals surface area contributed by atoms with E-state index >= 15 is 0 Å².